The summed E-state index contributed by atoms with van der Waals surface area (Å²) in [7, 11) is 1.67. The molecule has 2 aromatic carbocycles. The van der Waals surface area contributed by atoms with Gasteiger partial charge in [0.05, 0.1) is 23.4 Å². The third-order valence-corrected chi connectivity index (χ3v) is 6.50. The van der Waals surface area contributed by atoms with Crippen molar-refractivity contribution in [2.75, 3.05) is 33.3 Å². The Labute approximate surface area is 185 Å². The molecule has 5 nitrogen and oxygen atoms in total. The Morgan fingerprint density at radius 1 is 1.13 bits per heavy atom. The number of carbonyl (C=O) groups is 1. The highest BCUT2D eigenvalue weighted by Crippen LogP contribution is 2.27. The fourth-order valence-corrected chi connectivity index (χ4v) is 4.66. The molecule has 4 rings (SSSR count). The van der Waals surface area contributed by atoms with Crippen molar-refractivity contribution >= 4 is 28.8 Å². The number of carbonyl (C=O) groups excluding carboxylic acids is 1. The Hall–Kier alpha value is -2.41. The molecule has 0 aliphatic carbocycles. The Morgan fingerprint density at radius 2 is 2.00 bits per heavy atom. The fourth-order valence-electron chi connectivity index (χ4n) is 3.63. The second-order valence-electron chi connectivity index (χ2n) is 7.28. The zero-order valence-electron chi connectivity index (χ0n) is 16.9. The van der Waals surface area contributed by atoms with E-state index in [1.54, 1.807) is 30.6 Å². The van der Waals surface area contributed by atoms with Gasteiger partial charge in [-0.15, -0.1) is 11.3 Å². The van der Waals surface area contributed by atoms with Crippen molar-refractivity contribution in [1.29, 1.82) is 0 Å². The maximum absolute atomic E-state index is 12.9. The summed E-state index contributed by atoms with van der Waals surface area (Å²) in [6.45, 7) is 3.98. The van der Waals surface area contributed by atoms with E-state index >= 15 is 0 Å². The third-order valence-electron chi connectivity index (χ3n) is 5.23. The minimum absolute atomic E-state index is 0.0106. The van der Waals surface area contributed by atoms with E-state index in [9.17, 15) is 4.79 Å². The smallest absolute Gasteiger partial charge is 0.255 e. The van der Waals surface area contributed by atoms with E-state index in [1.807, 2.05) is 35.2 Å². The summed E-state index contributed by atoms with van der Waals surface area (Å²) in [4.78, 5) is 21.9. The van der Waals surface area contributed by atoms with Gasteiger partial charge in [0.25, 0.3) is 5.91 Å². The molecule has 0 unspecified atom stereocenters. The summed E-state index contributed by atoms with van der Waals surface area (Å²) >= 11 is 7.86. The van der Waals surface area contributed by atoms with Crippen LogP contribution in [0, 0.1) is 0 Å². The van der Waals surface area contributed by atoms with E-state index in [1.165, 1.54) is 0 Å². The molecule has 0 radical (unpaired) electrons. The summed E-state index contributed by atoms with van der Waals surface area (Å²) in [5, 5.41) is 3.62. The Morgan fingerprint density at radius 3 is 2.83 bits per heavy atom. The number of benzene rings is 2. The number of nitrogens with zero attached hydrogens (tertiary/aromatic N) is 3. The molecule has 7 heteroatoms. The molecule has 30 heavy (non-hydrogen) atoms. The first kappa shape index (κ1) is 20.8. The van der Waals surface area contributed by atoms with Crippen LogP contribution in [-0.4, -0.2) is 54.0 Å². The molecule has 0 N–H and O–H groups in total. The number of halogens is 1. The van der Waals surface area contributed by atoms with Crippen molar-refractivity contribution in [2.24, 2.45) is 0 Å². The molecular weight excluding hydrogens is 418 g/mol. The largest absolute Gasteiger partial charge is 0.497 e. The van der Waals surface area contributed by atoms with Gasteiger partial charge in [-0.1, -0.05) is 35.9 Å². The van der Waals surface area contributed by atoms with Gasteiger partial charge >= 0.3 is 0 Å². The zero-order chi connectivity index (χ0) is 20.9. The zero-order valence-corrected chi connectivity index (χ0v) is 18.5. The predicted octanol–water partition coefficient (Wildman–Crippen LogP) is 4.82. The summed E-state index contributed by atoms with van der Waals surface area (Å²) in [5.41, 5.74) is 2.71. The van der Waals surface area contributed by atoms with Crippen molar-refractivity contribution in [2.45, 2.75) is 13.0 Å². The van der Waals surface area contributed by atoms with E-state index in [2.05, 4.69) is 16.3 Å². The van der Waals surface area contributed by atoms with E-state index in [4.69, 9.17) is 21.3 Å². The minimum Gasteiger partial charge on any atom is -0.497 e. The van der Waals surface area contributed by atoms with E-state index in [0.717, 1.165) is 54.6 Å². The van der Waals surface area contributed by atoms with Crippen molar-refractivity contribution < 1.29 is 9.53 Å². The lowest BCUT2D eigenvalue weighted by atomic mass is 10.2. The lowest BCUT2D eigenvalue weighted by Gasteiger charge is -2.22. The highest BCUT2D eigenvalue weighted by Gasteiger charge is 2.22. The van der Waals surface area contributed by atoms with Gasteiger partial charge in [-0.3, -0.25) is 9.69 Å². The first-order chi connectivity index (χ1) is 14.6. The van der Waals surface area contributed by atoms with Crippen LogP contribution < -0.4 is 4.74 Å². The molecule has 0 atom stereocenters. The van der Waals surface area contributed by atoms with Crippen LogP contribution in [0.3, 0.4) is 0 Å². The highest BCUT2D eigenvalue weighted by molar-refractivity contribution is 7.13. The van der Waals surface area contributed by atoms with E-state index in [0.29, 0.717) is 17.1 Å². The van der Waals surface area contributed by atoms with Gasteiger partial charge in [-0.05, 0) is 30.7 Å². The van der Waals surface area contributed by atoms with Crippen LogP contribution >= 0.6 is 22.9 Å². The second-order valence-corrected chi connectivity index (χ2v) is 8.54. The van der Waals surface area contributed by atoms with Crippen LogP contribution in [0.1, 0.15) is 22.5 Å². The maximum Gasteiger partial charge on any atom is 0.255 e. The number of hydrogen-bond acceptors (Lipinski definition) is 5. The van der Waals surface area contributed by atoms with Gasteiger partial charge in [-0.25, -0.2) is 4.98 Å². The Kier molecular flexibility index (Phi) is 6.67. The van der Waals surface area contributed by atoms with Gasteiger partial charge in [0.1, 0.15) is 10.8 Å². The number of hydrogen-bond donors (Lipinski definition) is 0. The van der Waals surface area contributed by atoms with Gasteiger partial charge in [0.2, 0.25) is 0 Å². The van der Waals surface area contributed by atoms with Crippen LogP contribution in [-0.2, 0) is 6.54 Å². The monoisotopic (exact) mass is 441 g/mol. The van der Waals surface area contributed by atoms with Gasteiger partial charge < -0.3 is 9.64 Å². The maximum atomic E-state index is 12.9. The van der Waals surface area contributed by atoms with Crippen LogP contribution in [0.2, 0.25) is 5.02 Å². The van der Waals surface area contributed by atoms with Crippen molar-refractivity contribution in [3.8, 4) is 16.3 Å². The molecule has 0 bridgehead atoms. The average Bonchev–Trinajstić information content (AvgIpc) is 3.11. The lowest BCUT2D eigenvalue weighted by Crippen LogP contribution is -2.35. The molecule has 1 amide bonds. The number of ether oxygens (including phenoxy) is 1. The number of methoxy groups -OCH3 is 1. The highest BCUT2D eigenvalue weighted by atomic mass is 35.5. The molecule has 1 fully saturated rings. The van der Waals surface area contributed by atoms with Crippen molar-refractivity contribution in [3.63, 3.8) is 0 Å². The molecule has 1 aliphatic heterocycles. The standard InChI is InChI=1S/C23H24ClN3O2S/c1-29-19-7-4-6-17(14-19)22-25-18(16-30-22)15-26-10-5-11-27(13-12-26)23(28)20-8-2-3-9-21(20)24/h2-4,6-9,14,16H,5,10-13,15H2,1H3. The summed E-state index contributed by atoms with van der Waals surface area (Å²) < 4.78 is 5.32. The van der Waals surface area contributed by atoms with Crippen molar-refractivity contribution in [3.05, 3.63) is 70.2 Å². The van der Waals surface area contributed by atoms with Gasteiger partial charge in [0, 0.05) is 43.7 Å². The summed E-state index contributed by atoms with van der Waals surface area (Å²) in [6, 6.07) is 15.2. The fraction of sp³-hybridized carbons (Fsp3) is 0.304. The number of amides is 1. The third kappa shape index (κ3) is 4.83. The van der Waals surface area contributed by atoms with Gasteiger partial charge in [0.15, 0.2) is 0 Å². The quantitative estimate of drug-likeness (QED) is 0.569. The summed E-state index contributed by atoms with van der Waals surface area (Å²) in [5.74, 6) is 0.844. The SMILES string of the molecule is COc1cccc(-c2nc(CN3CCCN(C(=O)c4ccccc4Cl)CC3)cs2)c1. The Balaban J connectivity index is 1.38. The molecule has 1 saturated heterocycles. The van der Waals surface area contributed by atoms with Crippen LogP contribution in [0.4, 0.5) is 0 Å². The molecule has 2 heterocycles. The average molecular weight is 442 g/mol. The van der Waals surface area contributed by atoms with E-state index in [-0.39, 0.29) is 5.91 Å². The molecule has 3 aromatic rings. The number of rotatable bonds is 5. The molecule has 1 aromatic heterocycles. The molecule has 0 saturated carbocycles. The number of thiazole rings is 1. The molecular formula is C23H24ClN3O2S. The Bertz CT molecular complexity index is 1020. The van der Waals surface area contributed by atoms with Crippen molar-refractivity contribution in [1.82, 2.24) is 14.8 Å². The molecule has 156 valence electrons. The van der Waals surface area contributed by atoms with Gasteiger partial charge in [-0.2, -0.15) is 0 Å². The van der Waals surface area contributed by atoms with Crippen LogP contribution in [0.15, 0.2) is 53.9 Å². The van der Waals surface area contributed by atoms with E-state index < -0.39 is 0 Å². The second kappa shape index (κ2) is 9.60. The normalized spacial score (nSPS) is 15.1. The lowest BCUT2D eigenvalue weighted by molar-refractivity contribution is 0.0761. The first-order valence-electron chi connectivity index (χ1n) is 9.99. The topological polar surface area (TPSA) is 45.7 Å². The van der Waals surface area contributed by atoms with Crippen LogP contribution in [0.5, 0.6) is 5.75 Å². The predicted molar refractivity (Wildman–Crippen MR) is 121 cm³/mol. The molecule has 0 spiro atoms. The van der Waals surface area contributed by atoms with Crippen LogP contribution in [0.25, 0.3) is 10.6 Å². The number of aromatic nitrogens is 1. The summed E-state index contributed by atoms with van der Waals surface area (Å²) in [6.07, 6.45) is 0.934. The minimum atomic E-state index is 0.0106. The first-order valence-corrected chi connectivity index (χ1v) is 11.2. The molecule has 1 aliphatic rings.